The molecule has 1 aromatic rings. The van der Waals surface area contributed by atoms with E-state index in [0.717, 1.165) is 18.2 Å². The van der Waals surface area contributed by atoms with Crippen molar-refractivity contribution < 1.29 is 28.7 Å². The number of alkyl halides is 1. The van der Waals surface area contributed by atoms with Crippen LogP contribution in [-0.4, -0.2) is 43.0 Å². The molecule has 1 aliphatic rings. The number of halogens is 1. The highest BCUT2D eigenvalue weighted by Crippen LogP contribution is 2.41. The van der Waals surface area contributed by atoms with Gasteiger partial charge in [0.15, 0.2) is 5.75 Å². The van der Waals surface area contributed by atoms with Crippen LogP contribution in [0.15, 0.2) is 40.7 Å². The van der Waals surface area contributed by atoms with Gasteiger partial charge in [-0.15, -0.1) is 0 Å². The zero-order valence-corrected chi connectivity index (χ0v) is 19.4. The highest BCUT2D eigenvalue weighted by molar-refractivity contribution is 9.09. The summed E-state index contributed by atoms with van der Waals surface area (Å²) >= 11 is 3.33. The number of dihydropyridines is 1. The van der Waals surface area contributed by atoms with E-state index in [2.05, 4.69) is 21.2 Å². The molecule has 2 rings (SSSR count). The van der Waals surface area contributed by atoms with Crippen molar-refractivity contribution in [3.8, 4) is 5.75 Å². The number of nitro benzene ring substituents is 1. The van der Waals surface area contributed by atoms with Gasteiger partial charge in [-0.3, -0.25) is 10.1 Å². The van der Waals surface area contributed by atoms with E-state index in [1.807, 2.05) is 0 Å². The number of hydrogen-bond acceptors (Lipinski definition) is 8. The van der Waals surface area contributed by atoms with Gasteiger partial charge in [0, 0.05) is 22.8 Å². The largest absolute Gasteiger partial charge is 0.487 e. The Morgan fingerprint density at radius 2 is 1.68 bits per heavy atom. The van der Waals surface area contributed by atoms with Gasteiger partial charge in [-0.1, -0.05) is 22.0 Å². The molecule has 0 bridgehead atoms. The van der Waals surface area contributed by atoms with Crippen molar-refractivity contribution in [1.29, 1.82) is 0 Å². The van der Waals surface area contributed by atoms with E-state index in [4.69, 9.17) is 14.2 Å². The van der Waals surface area contributed by atoms with Crippen LogP contribution in [0, 0.1) is 10.1 Å². The van der Waals surface area contributed by atoms with Gasteiger partial charge in [0.1, 0.15) is 0 Å². The number of methoxy groups -OCH3 is 2. The van der Waals surface area contributed by atoms with Crippen molar-refractivity contribution in [2.45, 2.75) is 32.6 Å². The van der Waals surface area contributed by atoms with Crippen molar-refractivity contribution in [3.63, 3.8) is 0 Å². The molecule has 0 saturated carbocycles. The van der Waals surface area contributed by atoms with E-state index >= 15 is 0 Å². The van der Waals surface area contributed by atoms with E-state index in [-0.39, 0.29) is 22.6 Å². The van der Waals surface area contributed by atoms with Crippen LogP contribution in [0.3, 0.4) is 0 Å². The fourth-order valence-corrected chi connectivity index (χ4v) is 3.84. The minimum atomic E-state index is -0.901. The van der Waals surface area contributed by atoms with Crippen LogP contribution in [0.2, 0.25) is 0 Å². The Kier molecular flexibility index (Phi) is 8.61. The first kappa shape index (κ1) is 24.4. The van der Waals surface area contributed by atoms with Crippen LogP contribution < -0.4 is 10.1 Å². The highest BCUT2D eigenvalue weighted by Gasteiger charge is 2.38. The molecule has 9 nitrogen and oxygen atoms in total. The van der Waals surface area contributed by atoms with E-state index in [1.54, 1.807) is 19.9 Å². The molecule has 31 heavy (non-hydrogen) atoms. The predicted octanol–water partition coefficient (Wildman–Crippen LogP) is 3.73. The SMILES string of the molecule is COC(=O)C1=C(C)NC(C)=C(C(=O)OC)C1c1ccc(OCCCCBr)c([N+](=O)[O-])c1. The third-order valence-corrected chi connectivity index (χ3v) is 5.43. The summed E-state index contributed by atoms with van der Waals surface area (Å²) in [6.07, 6.45) is 1.61. The summed E-state index contributed by atoms with van der Waals surface area (Å²) in [5.74, 6) is -2.08. The molecule has 0 saturated heterocycles. The average Bonchev–Trinajstić information content (AvgIpc) is 2.75. The number of rotatable bonds is 9. The Balaban J connectivity index is 2.60. The van der Waals surface area contributed by atoms with E-state index in [0.29, 0.717) is 23.6 Å². The van der Waals surface area contributed by atoms with Crippen LogP contribution >= 0.6 is 15.9 Å². The summed E-state index contributed by atoms with van der Waals surface area (Å²) in [5, 5.41) is 15.5. The maximum atomic E-state index is 12.6. The summed E-state index contributed by atoms with van der Waals surface area (Å²) in [4.78, 5) is 36.3. The molecule has 1 aliphatic heterocycles. The molecule has 1 heterocycles. The minimum absolute atomic E-state index is 0.123. The molecule has 0 radical (unpaired) electrons. The first-order chi connectivity index (χ1) is 14.8. The zero-order chi connectivity index (χ0) is 23.1. The first-order valence-corrected chi connectivity index (χ1v) is 10.7. The van der Waals surface area contributed by atoms with Gasteiger partial charge in [-0.25, -0.2) is 9.59 Å². The molecule has 0 unspecified atom stereocenters. The van der Waals surface area contributed by atoms with Crippen molar-refractivity contribution in [2.75, 3.05) is 26.2 Å². The summed E-state index contributed by atoms with van der Waals surface area (Å²) in [6, 6.07) is 4.41. The number of ether oxygens (including phenoxy) is 3. The summed E-state index contributed by atoms with van der Waals surface area (Å²) in [5.41, 5.74) is 1.45. The Bertz CT molecular complexity index is 902. The van der Waals surface area contributed by atoms with E-state index in [1.165, 1.54) is 26.4 Å². The Morgan fingerprint density at radius 1 is 1.10 bits per heavy atom. The monoisotopic (exact) mass is 496 g/mol. The Hall–Kier alpha value is -2.88. The topological polar surface area (TPSA) is 117 Å². The van der Waals surface area contributed by atoms with Gasteiger partial charge in [0.2, 0.25) is 0 Å². The lowest BCUT2D eigenvalue weighted by molar-refractivity contribution is -0.385. The maximum absolute atomic E-state index is 12.6. The van der Waals surface area contributed by atoms with Crippen LogP contribution in [0.1, 0.15) is 38.2 Å². The number of unbranched alkanes of at least 4 members (excludes halogenated alkanes) is 1. The van der Waals surface area contributed by atoms with Crippen LogP contribution in [0.4, 0.5) is 5.69 Å². The van der Waals surface area contributed by atoms with Crippen molar-refractivity contribution in [3.05, 3.63) is 56.4 Å². The number of allylic oxidation sites excluding steroid dienone is 2. The summed E-state index contributed by atoms with van der Waals surface area (Å²) in [7, 11) is 2.46. The third kappa shape index (κ3) is 5.43. The second kappa shape index (κ2) is 10.9. The smallest absolute Gasteiger partial charge is 0.336 e. The molecule has 1 aromatic carbocycles. The molecule has 0 fully saturated rings. The molecular formula is C21H25BrN2O7. The normalized spacial score (nSPS) is 14.2. The van der Waals surface area contributed by atoms with Crippen LogP contribution in [0.25, 0.3) is 0 Å². The van der Waals surface area contributed by atoms with Gasteiger partial charge in [-0.2, -0.15) is 0 Å². The fourth-order valence-electron chi connectivity index (χ4n) is 3.45. The predicted molar refractivity (Wildman–Crippen MR) is 117 cm³/mol. The lowest BCUT2D eigenvalue weighted by atomic mass is 9.80. The van der Waals surface area contributed by atoms with Gasteiger partial charge in [-0.05, 0) is 38.3 Å². The molecule has 0 amide bonds. The van der Waals surface area contributed by atoms with Crippen molar-refractivity contribution in [2.24, 2.45) is 0 Å². The Labute approximate surface area is 188 Å². The second-order valence-corrected chi connectivity index (χ2v) is 7.64. The van der Waals surface area contributed by atoms with Crippen molar-refractivity contribution >= 4 is 33.6 Å². The third-order valence-electron chi connectivity index (χ3n) is 4.87. The lowest BCUT2D eigenvalue weighted by Crippen LogP contribution is -2.32. The molecule has 168 valence electrons. The van der Waals surface area contributed by atoms with Gasteiger partial charge in [0.25, 0.3) is 0 Å². The number of carbonyl (C=O) groups is 2. The van der Waals surface area contributed by atoms with Gasteiger partial charge in [0.05, 0.1) is 42.8 Å². The van der Waals surface area contributed by atoms with Gasteiger partial charge >= 0.3 is 17.6 Å². The quantitative estimate of drug-likeness (QED) is 0.180. The standard InChI is InChI=1S/C21H25BrN2O7/c1-12-17(20(25)29-3)19(18(13(2)23-12)21(26)30-4)14-7-8-16(15(11-14)24(27)28)31-10-6-5-9-22/h7-8,11,19,23H,5-6,9-10H2,1-4H3. The molecule has 1 N–H and O–H groups in total. The average molecular weight is 497 g/mol. The molecule has 0 spiro atoms. The lowest BCUT2D eigenvalue weighted by Gasteiger charge is -2.30. The zero-order valence-electron chi connectivity index (χ0n) is 17.8. The summed E-state index contributed by atoms with van der Waals surface area (Å²) in [6.45, 7) is 3.68. The number of esters is 2. The molecular weight excluding hydrogens is 472 g/mol. The number of nitro groups is 1. The number of nitrogens with one attached hydrogen (secondary N) is 1. The van der Waals surface area contributed by atoms with E-state index < -0.39 is 22.8 Å². The number of benzene rings is 1. The number of hydrogen-bond donors (Lipinski definition) is 1. The molecule has 0 aromatic heterocycles. The van der Waals surface area contributed by atoms with Crippen LogP contribution in [0.5, 0.6) is 5.75 Å². The molecule has 10 heteroatoms. The highest BCUT2D eigenvalue weighted by atomic mass is 79.9. The van der Waals surface area contributed by atoms with E-state index in [9.17, 15) is 19.7 Å². The first-order valence-electron chi connectivity index (χ1n) is 9.59. The van der Waals surface area contributed by atoms with Gasteiger partial charge < -0.3 is 19.5 Å². The maximum Gasteiger partial charge on any atom is 0.336 e. The molecule has 0 atom stereocenters. The van der Waals surface area contributed by atoms with Crippen LogP contribution in [-0.2, 0) is 19.1 Å². The number of carbonyl (C=O) groups excluding carboxylic acids is 2. The molecule has 0 aliphatic carbocycles. The fraction of sp³-hybridized carbons (Fsp3) is 0.429. The van der Waals surface area contributed by atoms with Crippen molar-refractivity contribution in [1.82, 2.24) is 5.32 Å². The number of nitrogens with zero attached hydrogens (tertiary/aromatic N) is 1. The Morgan fingerprint density at radius 3 is 2.16 bits per heavy atom. The second-order valence-electron chi connectivity index (χ2n) is 6.85. The summed E-state index contributed by atoms with van der Waals surface area (Å²) < 4.78 is 15.4. The minimum Gasteiger partial charge on any atom is -0.487 e.